The van der Waals surface area contributed by atoms with Gasteiger partial charge in [-0.25, -0.2) is 0 Å². The molecule has 0 atom stereocenters. The first-order valence-electron chi connectivity index (χ1n) is 6.95. The van der Waals surface area contributed by atoms with Crippen molar-refractivity contribution in [2.45, 2.75) is 66.2 Å². The van der Waals surface area contributed by atoms with E-state index in [1.807, 2.05) is 13.8 Å². The molecule has 0 unspecified atom stereocenters. The maximum atomic E-state index is 2.28. The van der Waals surface area contributed by atoms with E-state index in [4.69, 9.17) is 0 Å². The lowest BCUT2D eigenvalue weighted by Crippen LogP contribution is -1.88. The lowest BCUT2D eigenvalue weighted by Gasteiger charge is -2.02. The van der Waals surface area contributed by atoms with Crippen LogP contribution in [0.2, 0.25) is 0 Å². The molecule has 2 rings (SSSR count). The monoisotopic (exact) mass is 220 g/mol. The van der Waals surface area contributed by atoms with Crippen LogP contribution in [-0.4, -0.2) is 0 Å². The summed E-state index contributed by atoms with van der Waals surface area (Å²) >= 11 is 0. The first kappa shape index (κ1) is 15.2. The van der Waals surface area contributed by atoms with Crippen LogP contribution in [0, 0.1) is 0 Å². The minimum absolute atomic E-state index is 1.25. The molecule has 92 valence electrons. The van der Waals surface area contributed by atoms with Gasteiger partial charge in [-0.3, -0.25) is 0 Å². The number of fused-ring (bicyclic) bond motifs is 1. The van der Waals surface area contributed by atoms with E-state index in [-0.39, 0.29) is 0 Å². The van der Waals surface area contributed by atoms with Crippen molar-refractivity contribution >= 4 is 0 Å². The average Bonchev–Trinajstić information content (AvgIpc) is 2.57. The van der Waals surface area contributed by atoms with E-state index in [1.54, 1.807) is 11.1 Å². The van der Waals surface area contributed by atoms with Gasteiger partial charge in [-0.1, -0.05) is 64.8 Å². The standard InChI is InChI=1S/C11H14.C3H8.C2H6/c1-2-6-10-8-4-5-9-11(10)7-3-1;1-3-2;1-2/h4-5,8-9H,1-3,6-7H2;3H2,1-2H3;1-2H3. The van der Waals surface area contributed by atoms with Crippen LogP contribution in [0.25, 0.3) is 0 Å². The van der Waals surface area contributed by atoms with Crippen molar-refractivity contribution in [3.63, 3.8) is 0 Å². The Labute approximate surface area is 102 Å². The molecule has 16 heavy (non-hydrogen) atoms. The Kier molecular flexibility index (Phi) is 10.2. The predicted octanol–water partition coefficient (Wildman–Crippen LogP) is 5.40. The van der Waals surface area contributed by atoms with E-state index >= 15 is 0 Å². The van der Waals surface area contributed by atoms with Gasteiger partial charge in [0.15, 0.2) is 0 Å². The summed E-state index contributed by atoms with van der Waals surface area (Å²) in [7, 11) is 0. The maximum Gasteiger partial charge on any atom is -0.0276 e. The highest BCUT2D eigenvalue weighted by molar-refractivity contribution is 5.27. The van der Waals surface area contributed by atoms with Gasteiger partial charge in [0.05, 0.1) is 0 Å². The fourth-order valence-electron chi connectivity index (χ4n) is 1.85. The van der Waals surface area contributed by atoms with Gasteiger partial charge in [0.25, 0.3) is 0 Å². The molecule has 0 heteroatoms. The number of hydrogen-bond donors (Lipinski definition) is 0. The summed E-state index contributed by atoms with van der Waals surface area (Å²) in [5.74, 6) is 0. The van der Waals surface area contributed by atoms with Crippen molar-refractivity contribution in [2.24, 2.45) is 0 Å². The van der Waals surface area contributed by atoms with Crippen molar-refractivity contribution in [2.75, 3.05) is 0 Å². The van der Waals surface area contributed by atoms with Gasteiger partial charge in [0.1, 0.15) is 0 Å². The van der Waals surface area contributed by atoms with Gasteiger partial charge in [-0.15, -0.1) is 0 Å². The molecule has 0 N–H and O–H groups in total. The van der Waals surface area contributed by atoms with Crippen LogP contribution < -0.4 is 0 Å². The quantitative estimate of drug-likeness (QED) is 0.514. The molecule has 0 heterocycles. The molecule has 1 aliphatic carbocycles. The molecule has 0 bridgehead atoms. The Morgan fingerprint density at radius 3 is 1.56 bits per heavy atom. The second-order valence-electron chi connectivity index (χ2n) is 4.04. The molecule has 0 aromatic heterocycles. The van der Waals surface area contributed by atoms with Gasteiger partial charge in [0, 0.05) is 0 Å². The zero-order valence-corrected chi connectivity index (χ0v) is 11.6. The smallest absolute Gasteiger partial charge is 0.0276 e. The molecule has 1 aliphatic rings. The highest BCUT2D eigenvalue weighted by atomic mass is 14.1. The van der Waals surface area contributed by atoms with Crippen molar-refractivity contribution in [1.82, 2.24) is 0 Å². The number of aryl methyl sites for hydroxylation is 2. The van der Waals surface area contributed by atoms with Crippen LogP contribution in [0.15, 0.2) is 24.3 Å². The zero-order valence-electron chi connectivity index (χ0n) is 11.6. The molecule has 0 amide bonds. The lowest BCUT2D eigenvalue weighted by atomic mass is 10.0. The largest absolute Gasteiger partial charge is 0.0683 e. The zero-order chi connectivity index (χ0) is 12.2. The third kappa shape index (κ3) is 5.95. The maximum absolute atomic E-state index is 2.28. The molecule has 1 aromatic carbocycles. The average molecular weight is 220 g/mol. The number of benzene rings is 1. The summed E-state index contributed by atoms with van der Waals surface area (Å²) < 4.78 is 0. The van der Waals surface area contributed by atoms with Crippen molar-refractivity contribution in [3.05, 3.63) is 35.4 Å². The Morgan fingerprint density at radius 2 is 1.19 bits per heavy atom. The van der Waals surface area contributed by atoms with E-state index in [0.29, 0.717) is 0 Å². The normalized spacial score (nSPS) is 13.2. The molecule has 0 nitrogen and oxygen atoms in total. The third-order valence-electron chi connectivity index (χ3n) is 2.51. The highest BCUT2D eigenvalue weighted by Gasteiger charge is 2.05. The van der Waals surface area contributed by atoms with Gasteiger partial charge in [-0.2, -0.15) is 0 Å². The summed E-state index contributed by atoms with van der Waals surface area (Å²) in [4.78, 5) is 0. The van der Waals surface area contributed by atoms with Crippen molar-refractivity contribution < 1.29 is 0 Å². The van der Waals surface area contributed by atoms with Crippen LogP contribution in [0.3, 0.4) is 0 Å². The van der Waals surface area contributed by atoms with Gasteiger partial charge >= 0.3 is 0 Å². The molecule has 0 saturated heterocycles. The molecular formula is C16H28. The minimum atomic E-state index is 1.25. The third-order valence-corrected chi connectivity index (χ3v) is 2.51. The number of rotatable bonds is 0. The van der Waals surface area contributed by atoms with E-state index in [0.717, 1.165) is 0 Å². The van der Waals surface area contributed by atoms with E-state index in [2.05, 4.69) is 38.1 Å². The van der Waals surface area contributed by atoms with E-state index in [9.17, 15) is 0 Å². The van der Waals surface area contributed by atoms with Gasteiger partial charge in [-0.05, 0) is 36.8 Å². The summed E-state index contributed by atoms with van der Waals surface area (Å²) in [5.41, 5.74) is 3.18. The fraction of sp³-hybridized carbons (Fsp3) is 0.625. The van der Waals surface area contributed by atoms with Crippen molar-refractivity contribution in [3.8, 4) is 0 Å². The fourth-order valence-corrected chi connectivity index (χ4v) is 1.85. The molecular weight excluding hydrogens is 192 g/mol. The molecule has 0 spiro atoms. The van der Waals surface area contributed by atoms with Gasteiger partial charge < -0.3 is 0 Å². The summed E-state index contributed by atoms with van der Waals surface area (Å²) in [5, 5.41) is 0. The van der Waals surface area contributed by atoms with E-state index in [1.165, 1.54) is 38.5 Å². The van der Waals surface area contributed by atoms with Crippen LogP contribution in [-0.2, 0) is 12.8 Å². The first-order chi connectivity index (χ1) is 7.88. The van der Waals surface area contributed by atoms with Gasteiger partial charge in [0.2, 0.25) is 0 Å². The summed E-state index contributed by atoms with van der Waals surface area (Å²) in [6.45, 7) is 8.25. The van der Waals surface area contributed by atoms with Crippen LogP contribution >= 0.6 is 0 Å². The Hall–Kier alpha value is -0.780. The number of hydrogen-bond acceptors (Lipinski definition) is 0. The minimum Gasteiger partial charge on any atom is -0.0683 e. The van der Waals surface area contributed by atoms with Crippen LogP contribution in [0.1, 0.15) is 64.5 Å². The Balaban J connectivity index is 0.000000394. The summed E-state index contributed by atoms with van der Waals surface area (Å²) in [6, 6.07) is 8.87. The van der Waals surface area contributed by atoms with Crippen LogP contribution in [0.5, 0.6) is 0 Å². The topological polar surface area (TPSA) is 0 Å². The lowest BCUT2D eigenvalue weighted by molar-refractivity contribution is 0.711. The Bertz CT molecular complexity index is 225. The SMILES string of the molecule is CC.CCC.c1ccc2c(c1)CCCCC2. The second-order valence-corrected chi connectivity index (χ2v) is 4.04. The molecule has 1 aromatic rings. The highest BCUT2D eigenvalue weighted by Crippen LogP contribution is 2.19. The Morgan fingerprint density at radius 1 is 0.812 bits per heavy atom. The second kappa shape index (κ2) is 10.7. The molecule has 0 radical (unpaired) electrons. The molecule has 0 saturated carbocycles. The molecule has 0 aliphatic heterocycles. The first-order valence-corrected chi connectivity index (χ1v) is 6.95. The van der Waals surface area contributed by atoms with E-state index < -0.39 is 0 Å². The predicted molar refractivity (Wildman–Crippen MR) is 75.0 cm³/mol. The molecule has 0 fully saturated rings. The summed E-state index contributed by atoms with van der Waals surface area (Å²) in [6.07, 6.45) is 8.04. The van der Waals surface area contributed by atoms with Crippen LogP contribution in [0.4, 0.5) is 0 Å². The van der Waals surface area contributed by atoms with Crippen molar-refractivity contribution in [1.29, 1.82) is 0 Å².